The van der Waals surface area contributed by atoms with Gasteiger partial charge in [0.2, 0.25) is 0 Å². The molecule has 0 atom stereocenters. The lowest BCUT2D eigenvalue weighted by molar-refractivity contribution is 0.564. The lowest BCUT2D eigenvalue weighted by Crippen LogP contribution is -2.24. The third-order valence-electron chi connectivity index (χ3n) is 4.22. The molecule has 0 aliphatic carbocycles. The third kappa shape index (κ3) is 8.73. The number of hydrogen-bond acceptors (Lipinski definition) is 3. The summed E-state index contributed by atoms with van der Waals surface area (Å²) in [6.45, 7) is 3.38. The number of hydrogen-bond donors (Lipinski definition) is 0. The first kappa shape index (κ1) is 20.2. The molecule has 0 aliphatic rings. The van der Waals surface area contributed by atoms with Gasteiger partial charge in [0.15, 0.2) is 0 Å². The van der Waals surface area contributed by atoms with Crippen LogP contribution in [0.25, 0.3) is 10.4 Å². The highest BCUT2D eigenvalue weighted by atomic mass is 16.1. The Bertz CT molecular complexity index is 549. The van der Waals surface area contributed by atoms with E-state index in [2.05, 4.69) is 21.9 Å². The average Bonchev–Trinajstić information content (AvgIpc) is 2.59. The van der Waals surface area contributed by atoms with Gasteiger partial charge >= 0.3 is 0 Å². The van der Waals surface area contributed by atoms with Gasteiger partial charge < -0.3 is 4.57 Å². The van der Waals surface area contributed by atoms with Crippen LogP contribution in [0.2, 0.25) is 0 Å². The van der Waals surface area contributed by atoms with Crippen molar-refractivity contribution in [2.45, 2.75) is 84.1 Å². The molecule has 0 radical (unpaired) electrons. The topological polar surface area (TPSA) is 83.7 Å². The Kier molecular flexibility index (Phi) is 11.5. The SMILES string of the molecule is CCCCCCCCCCc1nccn(CCCCN=[N+]=[N-])c1=O. The zero-order valence-electron chi connectivity index (χ0n) is 15.0. The van der Waals surface area contributed by atoms with Crippen molar-refractivity contribution in [1.29, 1.82) is 0 Å². The highest BCUT2D eigenvalue weighted by Gasteiger charge is 2.04. The zero-order chi connectivity index (χ0) is 17.5. The van der Waals surface area contributed by atoms with E-state index in [4.69, 9.17) is 5.53 Å². The summed E-state index contributed by atoms with van der Waals surface area (Å²) in [4.78, 5) is 19.3. The van der Waals surface area contributed by atoms with E-state index < -0.39 is 0 Å². The minimum Gasteiger partial charge on any atom is -0.312 e. The second-order valence-electron chi connectivity index (χ2n) is 6.26. The molecular formula is C18H31N5O. The van der Waals surface area contributed by atoms with Gasteiger partial charge in [-0.15, -0.1) is 0 Å². The van der Waals surface area contributed by atoms with E-state index in [1.165, 1.54) is 44.9 Å². The molecular weight excluding hydrogens is 302 g/mol. The van der Waals surface area contributed by atoms with Crippen molar-refractivity contribution in [2.24, 2.45) is 5.11 Å². The maximum absolute atomic E-state index is 12.3. The van der Waals surface area contributed by atoms with Gasteiger partial charge in [-0.1, -0.05) is 57.0 Å². The molecule has 24 heavy (non-hydrogen) atoms. The number of rotatable bonds is 14. The van der Waals surface area contributed by atoms with Crippen molar-refractivity contribution < 1.29 is 0 Å². The fourth-order valence-corrected chi connectivity index (χ4v) is 2.78. The van der Waals surface area contributed by atoms with E-state index in [1.54, 1.807) is 17.0 Å². The number of aromatic nitrogens is 2. The lowest BCUT2D eigenvalue weighted by atomic mass is 10.1. The van der Waals surface area contributed by atoms with Gasteiger partial charge in [-0.05, 0) is 31.2 Å². The van der Waals surface area contributed by atoms with Gasteiger partial charge in [0.1, 0.15) is 5.69 Å². The summed E-state index contributed by atoms with van der Waals surface area (Å²) in [6, 6.07) is 0. The largest absolute Gasteiger partial charge is 0.312 e. The molecule has 1 rings (SSSR count). The maximum atomic E-state index is 12.3. The van der Waals surface area contributed by atoms with Crippen LogP contribution in [0.5, 0.6) is 0 Å². The fraction of sp³-hybridized carbons (Fsp3) is 0.778. The molecule has 0 bridgehead atoms. The molecule has 0 N–H and O–H groups in total. The van der Waals surface area contributed by atoms with E-state index in [0.29, 0.717) is 18.8 Å². The second kappa shape index (κ2) is 13.6. The summed E-state index contributed by atoms with van der Waals surface area (Å²) in [5.74, 6) is 0. The molecule has 1 aromatic heterocycles. The van der Waals surface area contributed by atoms with Crippen LogP contribution >= 0.6 is 0 Å². The first-order valence-corrected chi connectivity index (χ1v) is 9.34. The van der Waals surface area contributed by atoms with Crippen molar-refractivity contribution in [2.75, 3.05) is 6.54 Å². The van der Waals surface area contributed by atoms with Crippen LogP contribution in [0.3, 0.4) is 0 Å². The summed E-state index contributed by atoms with van der Waals surface area (Å²) in [7, 11) is 0. The van der Waals surface area contributed by atoms with E-state index in [-0.39, 0.29) is 5.56 Å². The maximum Gasteiger partial charge on any atom is 0.272 e. The van der Waals surface area contributed by atoms with Crippen LogP contribution in [-0.2, 0) is 13.0 Å². The molecule has 134 valence electrons. The van der Waals surface area contributed by atoms with Crippen LogP contribution in [-0.4, -0.2) is 16.1 Å². The molecule has 0 aromatic carbocycles. The van der Waals surface area contributed by atoms with Crippen LogP contribution in [0.15, 0.2) is 22.3 Å². The standard InChI is InChI=1S/C18H31N5O/c1-2-3-4-5-6-7-8-9-12-17-18(24)23(16-14-20-17)15-11-10-13-21-22-19/h14,16H,2-13,15H2,1H3. The summed E-state index contributed by atoms with van der Waals surface area (Å²) in [6.07, 6.45) is 15.9. The van der Waals surface area contributed by atoms with Gasteiger partial charge in [-0.25, -0.2) is 0 Å². The van der Waals surface area contributed by atoms with Gasteiger partial charge in [0.25, 0.3) is 5.56 Å². The van der Waals surface area contributed by atoms with Crippen molar-refractivity contribution in [3.05, 3.63) is 38.9 Å². The van der Waals surface area contributed by atoms with Crippen LogP contribution < -0.4 is 5.56 Å². The summed E-state index contributed by atoms with van der Waals surface area (Å²) >= 11 is 0. The Morgan fingerprint density at radius 1 is 1.08 bits per heavy atom. The molecule has 0 amide bonds. The van der Waals surface area contributed by atoms with Gasteiger partial charge in [-0.3, -0.25) is 9.78 Å². The Morgan fingerprint density at radius 2 is 1.79 bits per heavy atom. The molecule has 6 heteroatoms. The fourth-order valence-electron chi connectivity index (χ4n) is 2.78. The van der Waals surface area contributed by atoms with Crippen molar-refractivity contribution in [3.63, 3.8) is 0 Å². The summed E-state index contributed by atoms with van der Waals surface area (Å²) in [5, 5.41) is 3.51. The van der Waals surface area contributed by atoms with E-state index in [9.17, 15) is 4.79 Å². The van der Waals surface area contributed by atoms with Gasteiger partial charge in [0.05, 0.1) is 0 Å². The Labute approximate surface area is 144 Å². The van der Waals surface area contributed by atoms with Crippen LogP contribution in [0.4, 0.5) is 0 Å². The number of azide groups is 1. The number of unbranched alkanes of at least 4 members (excludes halogenated alkanes) is 8. The monoisotopic (exact) mass is 333 g/mol. The molecule has 6 nitrogen and oxygen atoms in total. The predicted octanol–water partition coefficient (Wildman–Crippen LogP) is 5.02. The highest BCUT2D eigenvalue weighted by Crippen LogP contribution is 2.09. The normalized spacial score (nSPS) is 10.5. The smallest absolute Gasteiger partial charge is 0.272 e. The number of aryl methyl sites for hydroxylation is 2. The van der Waals surface area contributed by atoms with E-state index in [1.807, 2.05) is 0 Å². The first-order valence-electron chi connectivity index (χ1n) is 9.34. The summed E-state index contributed by atoms with van der Waals surface area (Å²) < 4.78 is 1.73. The minimum atomic E-state index is 0.0317. The average molecular weight is 333 g/mol. The molecule has 0 saturated heterocycles. The van der Waals surface area contributed by atoms with Crippen molar-refractivity contribution in [3.8, 4) is 0 Å². The minimum absolute atomic E-state index is 0.0317. The first-order chi connectivity index (χ1) is 11.8. The zero-order valence-corrected chi connectivity index (χ0v) is 15.0. The third-order valence-corrected chi connectivity index (χ3v) is 4.22. The lowest BCUT2D eigenvalue weighted by Gasteiger charge is -2.07. The van der Waals surface area contributed by atoms with Gasteiger partial charge in [0, 0.05) is 30.4 Å². The highest BCUT2D eigenvalue weighted by molar-refractivity contribution is 4.98. The number of nitrogens with zero attached hydrogens (tertiary/aromatic N) is 5. The molecule has 0 unspecified atom stereocenters. The summed E-state index contributed by atoms with van der Waals surface area (Å²) in [5.41, 5.74) is 8.94. The van der Waals surface area contributed by atoms with Crippen LogP contribution in [0, 0.1) is 0 Å². The van der Waals surface area contributed by atoms with E-state index in [0.717, 1.165) is 25.7 Å². The van der Waals surface area contributed by atoms with Crippen molar-refractivity contribution >= 4 is 0 Å². The van der Waals surface area contributed by atoms with Crippen LogP contribution in [0.1, 0.15) is 76.8 Å². The predicted molar refractivity (Wildman–Crippen MR) is 98.1 cm³/mol. The quantitative estimate of drug-likeness (QED) is 0.207. The second-order valence-corrected chi connectivity index (χ2v) is 6.26. The Balaban J connectivity index is 2.26. The van der Waals surface area contributed by atoms with Crippen molar-refractivity contribution in [1.82, 2.24) is 9.55 Å². The van der Waals surface area contributed by atoms with E-state index >= 15 is 0 Å². The van der Waals surface area contributed by atoms with Gasteiger partial charge in [-0.2, -0.15) is 0 Å². The molecule has 1 heterocycles. The molecule has 0 fully saturated rings. The molecule has 1 aromatic rings. The Morgan fingerprint density at radius 3 is 2.50 bits per heavy atom. The molecule has 0 spiro atoms. The molecule has 0 aliphatic heterocycles. The molecule has 0 saturated carbocycles. The Hall–Kier alpha value is -1.81.